The predicted molar refractivity (Wildman–Crippen MR) is 118 cm³/mol. The van der Waals surface area contributed by atoms with E-state index in [0.29, 0.717) is 12.3 Å². The molecule has 3 aromatic carbocycles. The van der Waals surface area contributed by atoms with Gasteiger partial charge in [0, 0.05) is 11.8 Å². The standard InChI is InChI=1S/C25H22N2O3/c1-30-24-13-11-18(14-23(24)29)10-12-22(28)15-20-8-5-9-21-16-26-27(25(20)21)17-19-6-3-2-4-7-19/h2-14,16,29H,15,17H2,1H3/b12-10+. The number of carbonyl (C=O) groups is 1. The Hall–Kier alpha value is -3.86. The number of hydrogen-bond acceptors (Lipinski definition) is 4. The van der Waals surface area contributed by atoms with E-state index in [2.05, 4.69) is 17.2 Å². The fourth-order valence-electron chi connectivity index (χ4n) is 3.49. The average molecular weight is 398 g/mol. The number of fused-ring (bicyclic) bond motifs is 1. The summed E-state index contributed by atoms with van der Waals surface area (Å²) in [6.07, 6.45) is 5.35. The van der Waals surface area contributed by atoms with E-state index in [4.69, 9.17) is 4.74 Å². The van der Waals surface area contributed by atoms with Crippen molar-refractivity contribution in [1.82, 2.24) is 9.78 Å². The fraction of sp³-hybridized carbons (Fsp3) is 0.120. The van der Waals surface area contributed by atoms with E-state index < -0.39 is 0 Å². The maximum atomic E-state index is 12.6. The van der Waals surface area contributed by atoms with Crippen LogP contribution in [0.25, 0.3) is 17.0 Å². The van der Waals surface area contributed by atoms with Gasteiger partial charge in [-0.15, -0.1) is 0 Å². The molecule has 5 nitrogen and oxygen atoms in total. The summed E-state index contributed by atoms with van der Waals surface area (Å²) in [5, 5.41) is 15.4. The van der Waals surface area contributed by atoms with Gasteiger partial charge in [-0.3, -0.25) is 9.48 Å². The van der Waals surface area contributed by atoms with Crippen LogP contribution in [0.3, 0.4) is 0 Å². The molecule has 0 spiro atoms. The molecule has 0 fully saturated rings. The number of aromatic hydroxyl groups is 1. The van der Waals surface area contributed by atoms with Gasteiger partial charge in [0.05, 0.1) is 25.4 Å². The van der Waals surface area contributed by atoms with E-state index in [1.54, 1.807) is 24.3 Å². The number of hydrogen-bond donors (Lipinski definition) is 1. The quantitative estimate of drug-likeness (QED) is 0.461. The summed E-state index contributed by atoms with van der Waals surface area (Å²) in [4.78, 5) is 12.6. The first kappa shape index (κ1) is 19.5. The van der Waals surface area contributed by atoms with Crippen molar-refractivity contribution in [3.05, 3.63) is 95.7 Å². The van der Waals surface area contributed by atoms with Crippen LogP contribution in [0.1, 0.15) is 16.7 Å². The lowest BCUT2D eigenvalue weighted by molar-refractivity contribution is -0.113. The summed E-state index contributed by atoms with van der Waals surface area (Å²) in [6.45, 7) is 0.649. The highest BCUT2D eigenvalue weighted by Crippen LogP contribution is 2.27. The van der Waals surface area contributed by atoms with Crippen molar-refractivity contribution < 1.29 is 14.6 Å². The number of para-hydroxylation sites is 1. The monoisotopic (exact) mass is 398 g/mol. The van der Waals surface area contributed by atoms with Gasteiger partial charge in [-0.05, 0) is 34.9 Å². The van der Waals surface area contributed by atoms with Crippen LogP contribution in [0.15, 0.2) is 79.0 Å². The van der Waals surface area contributed by atoms with Gasteiger partial charge in [0.25, 0.3) is 0 Å². The molecule has 1 aromatic heterocycles. The first-order valence-corrected chi connectivity index (χ1v) is 9.69. The van der Waals surface area contributed by atoms with Gasteiger partial charge in [-0.2, -0.15) is 5.10 Å². The molecule has 0 saturated carbocycles. The van der Waals surface area contributed by atoms with Crippen molar-refractivity contribution in [3.8, 4) is 11.5 Å². The first-order valence-electron chi connectivity index (χ1n) is 9.69. The third-order valence-electron chi connectivity index (χ3n) is 4.95. The van der Waals surface area contributed by atoms with E-state index in [9.17, 15) is 9.90 Å². The molecule has 4 rings (SSSR count). The summed E-state index contributed by atoms with van der Waals surface area (Å²) >= 11 is 0. The Kier molecular flexibility index (Phi) is 5.61. The Morgan fingerprint density at radius 2 is 1.93 bits per heavy atom. The Labute approximate surface area is 174 Å². The molecule has 0 bridgehead atoms. The van der Waals surface area contributed by atoms with Crippen molar-refractivity contribution in [1.29, 1.82) is 0 Å². The Morgan fingerprint density at radius 1 is 1.10 bits per heavy atom. The molecule has 1 N–H and O–H groups in total. The lowest BCUT2D eigenvalue weighted by atomic mass is 10.0. The number of ether oxygens (including phenoxy) is 1. The van der Waals surface area contributed by atoms with Gasteiger partial charge in [0.2, 0.25) is 0 Å². The predicted octanol–water partition coefficient (Wildman–Crippen LogP) is 4.62. The van der Waals surface area contributed by atoms with E-state index in [1.165, 1.54) is 13.2 Å². The van der Waals surface area contributed by atoms with Gasteiger partial charge in [0.15, 0.2) is 17.3 Å². The number of phenols is 1. The summed E-state index contributed by atoms with van der Waals surface area (Å²) in [7, 11) is 1.50. The number of methoxy groups -OCH3 is 1. The Balaban J connectivity index is 1.55. The lowest BCUT2D eigenvalue weighted by Crippen LogP contribution is -2.05. The third-order valence-corrected chi connectivity index (χ3v) is 4.95. The number of phenolic OH excluding ortho intramolecular Hbond substituents is 1. The van der Waals surface area contributed by atoms with Crippen molar-refractivity contribution in [2.24, 2.45) is 0 Å². The van der Waals surface area contributed by atoms with E-state index in [0.717, 1.165) is 27.6 Å². The molecular weight excluding hydrogens is 376 g/mol. The molecule has 150 valence electrons. The zero-order valence-electron chi connectivity index (χ0n) is 16.7. The Bertz CT molecular complexity index is 1210. The smallest absolute Gasteiger partial charge is 0.160 e. The highest BCUT2D eigenvalue weighted by atomic mass is 16.5. The van der Waals surface area contributed by atoms with Crippen LogP contribution in [-0.2, 0) is 17.8 Å². The number of nitrogens with zero attached hydrogens (tertiary/aromatic N) is 2. The summed E-state index contributed by atoms with van der Waals surface area (Å²) in [5.41, 5.74) is 3.80. The Morgan fingerprint density at radius 3 is 2.70 bits per heavy atom. The molecule has 0 saturated heterocycles. The van der Waals surface area contributed by atoms with E-state index >= 15 is 0 Å². The molecule has 0 radical (unpaired) electrons. The van der Waals surface area contributed by atoms with Gasteiger partial charge in [-0.25, -0.2) is 0 Å². The normalized spacial score (nSPS) is 11.2. The molecule has 30 heavy (non-hydrogen) atoms. The molecule has 5 heteroatoms. The second-order valence-electron chi connectivity index (χ2n) is 7.05. The number of ketones is 1. The summed E-state index contributed by atoms with van der Waals surface area (Å²) < 4.78 is 6.99. The highest BCUT2D eigenvalue weighted by Gasteiger charge is 2.11. The number of aromatic nitrogens is 2. The average Bonchev–Trinajstić information content (AvgIpc) is 3.17. The first-order chi connectivity index (χ1) is 14.6. The molecule has 4 aromatic rings. The molecule has 1 heterocycles. The van der Waals surface area contributed by atoms with Gasteiger partial charge < -0.3 is 9.84 Å². The highest BCUT2D eigenvalue weighted by molar-refractivity contribution is 5.97. The van der Waals surface area contributed by atoms with Crippen molar-refractivity contribution >= 4 is 22.8 Å². The van der Waals surface area contributed by atoms with Gasteiger partial charge in [-0.1, -0.05) is 60.7 Å². The molecule has 0 atom stereocenters. The van der Waals surface area contributed by atoms with Gasteiger partial charge in [0.1, 0.15) is 0 Å². The van der Waals surface area contributed by atoms with Crippen molar-refractivity contribution in [2.75, 3.05) is 7.11 Å². The zero-order valence-corrected chi connectivity index (χ0v) is 16.7. The van der Waals surface area contributed by atoms with Crippen LogP contribution in [0.5, 0.6) is 11.5 Å². The molecule has 0 unspecified atom stereocenters. The van der Waals surface area contributed by atoms with Crippen LogP contribution in [0.2, 0.25) is 0 Å². The van der Waals surface area contributed by atoms with Gasteiger partial charge >= 0.3 is 0 Å². The summed E-state index contributed by atoms with van der Waals surface area (Å²) in [5.74, 6) is 0.420. The third kappa shape index (κ3) is 4.25. The van der Waals surface area contributed by atoms with Crippen LogP contribution in [0, 0.1) is 0 Å². The van der Waals surface area contributed by atoms with Crippen molar-refractivity contribution in [3.63, 3.8) is 0 Å². The second-order valence-corrected chi connectivity index (χ2v) is 7.05. The minimum atomic E-state index is -0.0229. The maximum absolute atomic E-state index is 12.6. The van der Waals surface area contributed by atoms with Crippen molar-refractivity contribution in [2.45, 2.75) is 13.0 Å². The topological polar surface area (TPSA) is 64.3 Å². The van der Waals surface area contributed by atoms with E-state index in [-0.39, 0.29) is 18.0 Å². The fourth-order valence-corrected chi connectivity index (χ4v) is 3.49. The number of carbonyl (C=O) groups excluding carboxylic acids is 1. The SMILES string of the molecule is COc1ccc(/C=C/C(=O)Cc2cccc3cnn(Cc4ccccc4)c23)cc1O. The van der Waals surface area contributed by atoms with Crippen LogP contribution < -0.4 is 4.74 Å². The lowest BCUT2D eigenvalue weighted by Gasteiger charge is -2.08. The van der Waals surface area contributed by atoms with Crippen LogP contribution in [0.4, 0.5) is 0 Å². The van der Waals surface area contributed by atoms with Crippen LogP contribution in [-0.4, -0.2) is 27.8 Å². The molecule has 0 aliphatic heterocycles. The van der Waals surface area contributed by atoms with Crippen LogP contribution >= 0.6 is 0 Å². The number of benzene rings is 3. The summed E-state index contributed by atoms with van der Waals surface area (Å²) in [6, 6.07) is 21.1. The zero-order chi connectivity index (χ0) is 20.9. The minimum Gasteiger partial charge on any atom is -0.504 e. The molecule has 0 aliphatic carbocycles. The van der Waals surface area contributed by atoms with E-state index in [1.807, 2.05) is 47.3 Å². The number of allylic oxidation sites excluding steroid dienone is 1. The second kappa shape index (κ2) is 8.66. The number of rotatable bonds is 7. The molecule has 0 amide bonds. The largest absolute Gasteiger partial charge is 0.504 e. The molecular formula is C25H22N2O3. The molecule has 0 aliphatic rings. The minimum absolute atomic E-state index is 0.0229. The maximum Gasteiger partial charge on any atom is 0.160 e.